The zero-order chi connectivity index (χ0) is 14.0. The predicted molar refractivity (Wildman–Crippen MR) is 77.6 cm³/mol. The summed E-state index contributed by atoms with van der Waals surface area (Å²) in [5, 5.41) is 2.51. The van der Waals surface area contributed by atoms with Crippen LogP contribution in [0.5, 0.6) is 0 Å². The van der Waals surface area contributed by atoms with Crippen LogP contribution < -0.4 is 11.1 Å². The first-order valence-corrected chi connectivity index (χ1v) is 6.39. The van der Waals surface area contributed by atoms with Crippen LogP contribution in [0.4, 0.5) is 15.8 Å². The van der Waals surface area contributed by atoms with E-state index < -0.39 is 11.7 Å². The molecule has 0 unspecified atom stereocenters. The lowest BCUT2D eigenvalue weighted by atomic mass is 10.1. The fourth-order valence-corrected chi connectivity index (χ4v) is 2.01. The van der Waals surface area contributed by atoms with E-state index in [-0.39, 0.29) is 5.69 Å². The van der Waals surface area contributed by atoms with E-state index >= 15 is 0 Å². The van der Waals surface area contributed by atoms with Gasteiger partial charge >= 0.3 is 0 Å². The van der Waals surface area contributed by atoms with E-state index in [1.165, 1.54) is 12.1 Å². The van der Waals surface area contributed by atoms with Gasteiger partial charge in [-0.2, -0.15) is 0 Å². The second kappa shape index (κ2) is 5.40. The number of nitrogens with two attached hydrogens (primary N) is 1. The summed E-state index contributed by atoms with van der Waals surface area (Å²) in [4.78, 5) is 12.1. The first-order chi connectivity index (χ1) is 8.97. The van der Waals surface area contributed by atoms with Crippen molar-refractivity contribution in [3.05, 3.63) is 57.8 Å². The standard InChI is InChI=1S/C14H12BrFN2O/c1-8-2-5-12(17)10(6-8)14(19)18-13-7-9(15)3-4-11(13)16/h2-7H,17H2,1H3,(H,18,19). The molecule has 0 radical (unpaired) electrons. The third-order valence-electron chi connectivity index (χ3n) is 2.63. The molecule has 2 rings (SSSR count). The molecule has 0 bridgehead atoms. The van der Waals surface area contributed by atoms with Gasteiger partial charge in [-0.05, 0) is 37.3 Å². The highest BCUT2D eigenvalue weighted by molar-refractivity contribution is 9.10. The van der Waals surface area contributed by atoms with E-state index in [2.05, 4.69) is 21.2 Å². The molecule has 3 nitrogen and oxygen atoms in total. The maximum atomic E-state index is 13.6. The molecule has 0 saturated heterocycles. The Kier molecular flexibility index (Phi) is 3.85. The molecule has 5 heteroatoms. The van der Waals surface area contributed by atoms with Gasteiger partial charge in [0.25, 0.3) is 5.91 Å². The first kappa shape index (κ1) is 13.5. The second-order valence-electron chi connectivity index (χ2n) is 4.17. The number of hydrogen-bond acceptors (Lipinski definition) is 2. The van der Waals surface area contributed by atoms with Gasteiger partial charge in [0.1, 0.15) is 5.82 Å². The molecular weight excluding hydrogens is 311 g/mol. The molecule has 0 atom stereocenters. The molecule has 19 heavy (non-hydrogen) atoms. The average molecular weight is 323 g/mol. The van der Waals surface area contributed by atoms with E-state index in [4.69, 9.17) is 5.73 Å². The maximum Gasteiger partial charge on any atom is 0.257 e. The lowest BCUT2D eigenvalue weighted by Crippen LogP contribution is -2.15. The summed E-state index contributed by atoms with van der Waals surface area (Å²) in [5.74, 6) is -0.930. The molecule has 0 heterocycles. The van der Waals surface area contributed by atoms with Gasteiger partial charge in [0.15, 0.2) is 0 Å². The molecule has 3 N–H and O–H groups in total. The Morgan fingerprint density at radius 3 is 2.74 bits per heavy atom. The van der Waals surface area contributed by atoms with Crippen LogP contribution in [0.25, 0.3) is 0 Å². The minimum absolute atomic E-state index is 0.111. The molecule has 0 spiro atoms. The van der Waals surface area contributed by atoms with Crippen LogP contribution in [-0.4, -0.2) is 5.91 Å². The van der Waals surface area contributed by atoms with Crippen LogP contribution in [-0.2, 0) is 0 Å². The third kappa shape index (κ3) is 3.12. The molecule has 0 aliphatic rings. The lowest BCUT2D eigenvalue weighted by molar-refractivity contribution is 0.102. The van der Waals surface area contributed by atoms with Crippen molar-refractivity contribution in [1.29, 1.82) is 0 Å². The molecule has 0 fully saturated rings. The van der Waals surface area contributed by atoms with Gasteiger partial charge in [0.2, 0.25) is 0 Å². The van der Waals surface area contributed by atoms with Crippen molar-refractivity contribution in [1.82, 2.24) is 0 Å². The number of anilines is 2. The fraction of sp³-hybridized carbons (Fsp3) is 0.0714. The highest BCUT2D eigenvalue weighted by atomic mass is 79.9. The van der Waals surface area contributed by atoms with Gasteiger partial charge in [-0.1, -0.05) is 27.6 Å². The van der Waals surface area contributed by atoms with Gasteiger partial charge in [-0.3, -0.25) is 4.79 Å². The molecule has 2 aromatic carbocycles. The summed E-state index contributed by atoms with van der Waals surface area (Å²) in [6.07, 6.45) is 0. The third-order valence-corrected chi connectivity index (χ3v) is 3.12. The summed E-state index contributed by atoms with van der Waals surface area (Å²) in [6, 6.07) is 9.47. The van der Waals surface area contributed by atoms with Crippen molar-refractivity contribution in [3.63, 3.8) is 0 Å². The number of rotatable bonds is 2. The highest BCUT2D eigenvalue weighted by Gasteiger charge is 2.12. The van der Waals surface area contributed by atoms with Gasteiger partial charge < -0.3 is 11.1 Å². The zero-order valence-electron chi connectivity index (χ0n) is 10.2. The minimum Gasteiger partial charge on any atom is -0.398 e. The Bertz CT molecular complexity index is 643. The SMILES string of the molecule is Cc1ccc(N)c(C(=O)Nc2cc(Br)ccc2F)c1. The van der Waals surface area contributed by atoms with Crippen molar-refractivity contribution >= 4 is 33.2 Å². The van der Waals surface area contributed by atoms with Crippen LogP contribution in [0.15, 0.2) is 40.9 Å². The Labute approximate surface area is 118 Å². The van der Waals surface area contributed by atoms with E-state index in [1.807, 2.05) is 13.0 Å². The Balaban J connectivity index is 2.30. The van der Waals surface area contributed by atoms with E-state index in [0.717, 1.165) is 5.56 Å². The number of nitrogen functional groups attached to an aromatic ring is 1. The van der Waals surface area contributed by atoms with Crippen molar-refractivity contribution in [3.8, 4) is 0 Å². The Morgan fingerprint density at radius 2 is 2.00 bits per heavy atom. The van der Waals surface area contributed by atoms with E-state index in [9.17, 15) is 9.18 Å². The van der Waals surface area contributed by atoms with Crippen molar-refractivity contribution < 1.29 is 9.18 Å². The van der Waals surface area contributed by atoms with E-state index in [0.29, 0.717) is 15.7 Å². The number of benzene rings is 2. The van der Waals surface area contributed by atoms with Crippen LogP contribution in [0.3, 0.4) is 0 Å². The van der Waals surface area contributed by atoms with E-state index in [1.54, 1.807) is 18.2 Å². The van der Waals surface area contributed by atoms with Crippen molar-refractivity contribution in [2.24, 2.45) is 0 Å². The molecule has 1 amide bonds. The van der Waals surface area contributed by atoms with Crippen LogP contribution in [0.2, 0.25) is 0 Å². The molecule has 2 aromatic rings. The Hall–Kier alpha value is -1.88. The van der Waals surface area contributed by atoms with Crippen LogP contribution in [0.1, 0.15) is 15.9 Å². The van der Waals surface area contributed by atoms with Crippen molar-refractivity contribution in [2.75, 3.05) is 11.1 Å². The van der Waals surface area contributed by atoms with Crippen molar-refractivity contribution in [2.45, 2.75) is 6.92 Å². The molecule has 98 valence electrons. The summed E-state index contributed by atoms with van der Waals surface area (Å²) in [5.41, 5.74) is 7.46. The van der Waals surface area contributed by atoms with Crippen LogP contribution in [0, 0.1) is 12.7 Å². The summed E-state index contributed by atoms with van der Waals surface area (Å²) < 4.78 is 14.2. The smallest absolute Gasteiger partial charge is 0.257 e. The van der Waals surface area contributed by atoms with Crippen LogP contribution >= 0.6 is 15.9 Å². The Morgan fingerprint density at radius 1 is 1.26 bits per heavy atom. The minimum atomic E-state index is -0.497. The average Bonchev–Trinajstić information content (AvgIpc) is 2.36. The number of carbonyl (C=O) groups excluding carboxylic acids is 1. The normalized spacial score (nSPS) is 10.3. The molecule has 0 aliphatic heterocycles. The number of nitrogens with one attached hydrogen (secondary N) is 1. The second-order valence-corrected chi connectivity index (χ2v) is 5.08. The predicted octanol–water partition coefficient (Wildman–Crippen LogP) is 3.73. The highest BCUT2D eigenvalue weighted by Crippen LogP contribution is 2.22. The number of hydrogen-bond donors (Lipinski definition) is 2. The van der Waals surface area contributed by atoms with Gasteiger partial charge in [-0.25, -0.2) is 4.39 Å². The molecule has 0 aromatic heterocycles. The number of aryl methyl sites for hydroxylation is 1. The zero-order valence-corrected chi connectivity index (χ0v) is 11.8. The lowest BCUT2D eigenvalue weighted by Gasteiger charge is -2.09. The van der Waals surface area contributed by atoms with Gasteiger partial charge in [0, 0.05) is 10.2 Å². The maximum absolute atomic E-state index is 13.6. The summed E-state index contributed by atoms with van der Waals surface area (Å²) in [6.45, 7) is 1.86. The summed E-state index contributed by atoms with van der Waals surface area (Å²) >= 11 is 3.23. The first-order valence-electron chi connectivity index (χ1n) is 5.60. The summed E-state index contributed by atoms with van der Waals surface area (Å²) in [7, 11) is 0. The number of carbonyl (C=O) groups is 1. The molecule has 0 aliphatic carbocycles. The van der Waals surface area contributed by atoms with Gasteiger partial charge in [0.05, 0.1) is 11.3 Å². The quantitative estimate of drug-likeness (QED) is 0.828. The van der Waals surface area contributed by atoms with Gasteiger partial charge in [-0.15, -0.1) is 0 Å². The topological polar surface area (TPSA) is 55.1 Å². The largest absolute Gasteiger partial charge is 0.398 e. The fourth-order valence-electron chi connectivity index (χ4n) is 1.65. The number of amides is 1. The molecule has 0 saturated carbocycles. The molecular formula is C14H12BrFN2O. The number of halogens is 2. The monoisotopic (exact) mass is 322 g/mol.